The molecule has 0 aliphatic heterocycles. The van der Waals surface area contributed by atoms with Crippen LogP contribution in [0.2, 0.25) is 0 Å². The molecule has 2 aromatic rings. The summed E-state index contributed by atoms with van der Waals surface area (Å²) in [6.45, 7) is 0. The fourth-order valence-corrected chi connectivity index (χ4v) is 2.62. The highest BCUT2D eigenvalue weighted by Gasteiger charge is 2.17. The van der Waals surface area contributed by atoms with Crippen LogP contribution in [0.4, 0.5) is 0 Å². The standard InChI is InChI=1S/C15H14O3S/c1-18-14-11(7-5-8-12(14)15(16)17)10-6-3-4-9-13(10)19-2/h3-9H,1-2H3,(H,16,17). The molecular formula is C15H14O3S. The predicted molar refractivity (Wildman–Crippen MR) is 77.2 cm³/mol. The number of benzene rings is 2. The summed E-state index contributed by atoms with van der Waals surface area (Å²) in [6.07, 6.45) is 1.99. The largest absolute Gasteiger partial charge is 0.495 e. The maximum atomic E-state index is 11.2. The van der Waals surface area contributed by atoms with Gasteiger partial charge < -0.3 is 9.84 Å². The number of hydrogen-bond acceptors (Lipinski definition) is 3. The number of hydrogen-bond donors (Lipinski definition) is 1. The van der Waals surface area contributed by atoms with E-state index in [-0.39, 0.29) is 5.56 Å². The Morgan fingerprint density at radius 1 is 1.11 bits per heavy atom. The lowest BCUT2D eigenvalue weighted by molar-refractivity contribution is 0.0693. The lowest BCUT2D eigenvalue weighted by Crippen LogP contribution is -2.01. The smallest absolute Gasteiger partial charge is 0.339 e. The van der Waals surface area contributed by atoms with Crippen molar-refractivity contribution in [2.24, 2.45) is 0 Å². The molecule has 2 rings (SSSR count). The first kappa shape index (κ1) is 13.5. The summed E-state index contributed by atoms with van der Waals surface area (Å²) in [5, 5.41) is 9.21. The maximum Gasteiger partial charge on any atom is 0.339 e. The SMILES string of the molecule is COc1c(C(=O)O)cccc1-c1ccccc1SC. The van der Waals surface area contributed by atoms with Crippen LogP contribution in [0, 0.1) is 0 Å². The van der Waals surface area contributed by atoms with Crippen molar-refractivity contribution in [1.82, 2.24) is 0 Å². The molecular weight excluding hydrogens is 260 g/mol. The van der Waals surface area contributed by atoms with Crippen molar-refractivity contribution in [3.05, 3.63) is 48.0 Å². The van der Waals surface area contributed by atoms with Crippen molar-refractivity contribution >= 4 is 17.7 Å². The van der Waals surface area contributed by atoms with E-state index in [1.165, 1.54) is 7.11 Å². The number of carboxylic acids is 1. The van der Waals surface area contributed by atoms with E-state index in [1.54, 1.807) is 23.9 Å². The first-order valence-electron chi connectivity index (χ1n) is 5.72. The minimum atomic E-state index is -0.986. The third-order valence-corrected chi connectivity index (χ3v) is 3.64. The molecule has 0 atom stereocenters. The zero-order valence-electron chi connectivity index (χ0n) is 10.7. The van der Waals surface area contributed by atoms with E-state index in [1.807, 2.05) is 36.6 Å². The molecule has 0 saturated carbocycles. The molecule has 0 amide bonds. The summed E-state index contributed by atoms with van der Waals surface area (Å²) in [7, 11) is 1.49. The molecule has 0 bridgehead atoms. The topological polar surface area (TPSA) is 46.5 Å². The fraction of sp³-hybridized carbons (Fsp3) is 0.133. The highest BCUT2D eigenvalue weighted by atomic mass is 32.2. The Hall–Kier alpha value is -1.94. The van der Waals surface area contributed by atoms with Gasteiger partial charge in [-0.05, 0) is 24.0 Å². The van der Waals surface area contributed by atoms with Crippen LogP contribution in [0.3, 0.4) is 0 Å². The van der Waals surface area contributed by atoms with E-state index in [2.05, 4.69) is 0 Å². The summed E-state index contributed by atoms with van der Waals surface area (Å²) < 4.78 is 5.30. The second-order valence-corrected chi connectivity index (χ2v) is 4.74. The molecule has 4 heteroatoms. The van der Waals surface area contributed by atoms with E-state index in [0.29, 0.717) is 5.75 Å². The Morgan fingerprint density at radius 3 is 2.42 bits per heavy atom. The van der Waals surface area contributed by atoms with Crippen LogP contribution in [-0.4, -0.2) is 24.4 Å². The summed E-state index contributed by atoms with van der Waals surface area (Å²) in [6, 6.07) is 13.0. The van der Waals surface area contributed by atoms with E-state index < -0.39 is 5.97 Å². The van der Waals surface area contributed by atoms with E-state index >= 15 is 0 Å². The lowest BCUT2D eigenvalue weighted by Gasteiger charge is -2.13. The second-order valence-electron chi connectivity index (χ2n) is 3.89. The van der Waals surface area contributed by atoms with Gasteiger partial charge in [-0.1, -0.05) is 30.3 Å². The minimum absolute atomic E-state index is 0.177. The van der Waals surface area contributed by atoms with Crippen LogP contribution < -0.4 is 4.74 Å². The Morgan fingerprint density at radius 2 is 1.79 bits per heavy atom. The van der Waals surface area contributed by atoms with Gasteiger partial charge in [-0.15, -0.1) is 11.8 Å². The van der Waals surface area contributed by atoms with Gasteiger partial charge in [-0.2, -0.15) is 0 Å². The molecule has 2 aromatic carbocycles. The molecule has 1 N–H and O–H groups in total. The molecule has 0 fully saturated rings. The molecule has 0 unspecified atom stereocenters. The second kappa shape index (κ2) is 5.80. The number of ether oxygens (including phenoxy) is 1. The Balaban J connectivity index is 2.68. The minimum Gasteiger partial charge on any atom is -0.495 e. The summed E-state index contributed by atoms with van der Waals surface area (Å²) in [4.78, 5) is 12.3. The average molecular weight is 274 g/mol. The molecule has 0 aliphatic carbocycles. The van der Waals surface area contributed by atoms with Crippen LogP contribution in [0.5, 0.6) is 5.75 Å². The number of carbonyl (C=O) groups is 1. The van der Waals surface area contributed by atoms with Crippen LogP contribution >= 0.6 is 11.8 Å². The molecule has 0 aliphatic rings. The van der Waals surface area contributed by atoms with Crippen molar-refractivity contribution in [2.75, 3.05) is 13.4 Å². The predicted octanol–water partition coefficient (Wildman–Crippen LogP) is 3.78. The monoisotopic (exact) mass is 274 g/mol. The highest BCUT2D eigenvalue weighted by molar-refractivity contribution is 7.98. The van der Waals surface area contributed by atoms with Gasteiger partial charge in [0.25, 0.3) is 0 Å². The van der Waals surface area contributed by atoms with Gasteiger partial charge in [0.05, 0.1) is 7.11 Å². The summed E-state index contributed by atoms with van der Waals surface area (Å²) in [5.41, 5.74) is 1.96. The quantitative estimate of drug-likeness (QED) is 0.862. The summed E-state index contributed by atoms with van der Waals surface area (Å²) in [5.74, 6) is -0.586. The third-order valence-electron chi connectivity index (χ3n) is 2.85. The number of thioether (sulfide) groups is 1. The molecule has 98 valence electrons. The third kappa shape index (κ3) is 2.58. The van der Waals surface area contributed by atoms with Crippen molar-refractivity contribution in [1.29, 1.82) is 0 Å². The number of rotatable bonds is 4. The zero-order chi connectivity index (χ0) is 13.8. The molecule has 3 nitrogen and oxygen atoms in total. The van der Waals surface area contributed by atoms with Gasteiger partial charge in [0.2, 0.25) is 0 Å². The molecule has 0 heterocycles. The van der Waals surface area contributed by atoms with Crippen LogP contribution in [0.1, 0.15) is 10.4 Å². The molecule has 0 aromatic heterocycles. The van der Waals surface area contributed by atoms with Crippen molar-refractivity contribution in [3.63, 3.8) is 0 Å². The summed E-state index contributed by atoms with van der Waals surface area (Å²) >= 11 is 1.62. The van der Waals surface area contributed by atoms with Crippen molar-refractivity contribution in [3.8, 4) is 16.9 Å². The van der Waals surface area contributed by atoms with Crippen molar-refractivity contribution in [2.45, 2.75) is 4.90 Å². The zero-order valence-corrected chi connectivity index (χ0v) is 11.5. The number of para-hydroxylation sites is 1. The van der Waals surface area contributed by atoms with Gasteiger partial charge in [-0.25, -0.2) is 4.79 Å². The Labute approximate surface area is 116 Å². The Bertz CT molecular complexity index is 608. The molecule has 0 saturated heterocycles. The first-order valence-corrected chi connectivity index (χ1v) is 6.95. The van der Waals surface area contributed by atoms with Gasteiger partial charge >= 0.3 is 5.97 Å². The first-order chi connectivity index (χ1) is 9.19. The number of carboxylic acid groups (broad SMARTS) is 1. The average Bonchev–Trinajstić information content (AvgIpc) is 2.46. The number of methoxy groups -OCH3 is 1. The number of aromatic carboxylic acids is 1. The molecule has 0 radical (unpaired) electrons. The lowest BCUT2D eigenvalue weighted by atomic mass is 10.0. The van der Waals surface area contributed by atoms with E-state index in [9.17, 15) is 9.90 Å². The van der Waals surface area contributed by atoms with Crippen LogP contribution in [0.25, 0.3) is 11.1 Å². The van der Waals surface area contributed by atoms with Crippen LogP contribution in [-0.2, 0) is 0 Å². The molecule has 19 heavy (non-hydrogen) atoms. The maximum absolute atomic E-state index is 11.2. The highest BCUT2D eigenvalue weighted by Crippen LogP contribution is 2.37. The van der Waals surface area contributed by atoms with Crippen LogP contribution in [0.15, 0.2) is 47.4 Å². The Kier molecular flexibility index (Phi) is 4.12. The van der Waals surface area contributed by atoms with E-state index in [4.69, 9.17) is 4.74 Å². The fourth-order valence-electron chi connectivity index (χ4n) is 2.00. The van der Waals surface area contributed by atoms with Crippen molar-refractivity contribution < 1.29 is 14.6 Å². The van der Waals surface area contributed by atoms with Gasteiger partial charge in [0.15, 0.2) is 0 Å². The van der Waals surface area contributed by atoms with Gasteiger partial charge in [0, 0.05) is 10.5 Å². The van der Waals surface area contributed by atoms with Gasteiger partial charge in [0.1, 0.15) is 11.3 Å². The molecule has 0 spiro atoms. The van der Waals surface area contributed by atoms with Gasteiger partial charge in [-0.3, -0.25) is 0 Å². The van der Waals surface area contributed by atoms with E-state index in [0.717, 1.165) is 16.0 Å². The normalized spacial score (nSPS) is 10.2.